The van der Waals surface area contributed by atoms with Crippen LogP contribution in [0.25, 0.3) is 0 Å². The molecule has 27 heavy (non-hydrogen) atoms. The van der Waals surface area contributed by atoms with Crippen LogP contribution in [-0.4, -0.2) is 32.9 Å². The van der Waals surface area contributed by atoms with E-state index in [9.17, 15) is 13.2 Å². The van der Waals surface area contributed by atoms with Crippen LogP contribution in [0.2, 0.25) is 10.0 Å². The van der Waals surface area contributed by atoms with Gasteiger partial charge in [-0.1, -0.05) is 36.2 Å². The van der Waals surface area contributed by atoms with Crippen LogP contribution in [-0.2, 0) is 14.8 Å². The molecule has 0 radical (unpaired) electrons. The van der Waals surface area contributed by atoms with Gasteiger partial charge in [0.05, 0.1) is 17.0 Å². The van der Waals surface area contributed by atoms with Crippen molar-refractivity contribution in [2.75, 3.05) is 22.1 Å². The molecular weight excluding hydrogens is 427 g/mol. The Labute approximate surface area is 174 Å². The number of hydrogen-bond donors (Lipinski definition) is 1. The Morgan fingerprint density at radius 1 is 1.22 bits per heavy atom. The molecule has 0 aliphatic rings. The zero-order valence-electron chi connectivity index (χ0n) is 15.1. The number of thioether (sulfide) groups is 1. The van der Waals surface area contributed by atoms with Crippen molar-refractivity contribution >= 4 is 62.3 Å². The summed E-state index contributed by atoms with van der Waals surface area (Å²) >= 11 is 13.8. The number of rotatable bonds is 7. The molecule has 0 aromatic heterocycles. The molecular formula is C18H20Cl2N2O3S2. The lowest BCUT2D eigenvalue weighted by atomic mass is 10.1. The molecule has 0 saturated heterocycles. The molecule has 2 aromatic carbocycles. The van der Waals surface area contributed by atoms with E-state index in [1.807, 2.05) is 24.5 Å². The van der Waals surface area contributed by atoms with Gasteiger partial charge >= 0.3 is 0 Å². The number of nitrogens with one attached hydrogen (secondary N) is 1. The molecule has 2 aromatic rings. The third-order valence-corrected chi connectivity index (χ3v) is 6.26. The fraction of sp³-hybridized carbons (Fsp3) is 0.278. The van der Waals surface area contributed by atoms with Crippen molar-refractivity contribution in [2.24, 2.45) is 0 Å². The van der Waals surface area contributed by atoms with E-state index in [0.29, 0.717) is 10.7 Å². The lowest BCUT2D eigenvalue weighted by Gasteiger charge is -2.30. The highest BCUT2D eigenvalue weighted by Crippen LogP contribution is 2.33. The molecule has 146 valence electrons. The summed E-state index contributed by atoms with van der Waals surface area (Å²) < 4.78 is 26.0. The highest BCUT2D eigenvalue weighted by molar-refractivity contribution is 7.98. The number of hydrogen-bond acceptors (Lipinski definition) is 4. The van der Waals surface area contributed by atoms with Gasteiger partial charge in [0.25, 0.3) is 0 Å². The van der Waals surface area contributed by atoms with Crippen LogP contribution in [0.3, 0.4) is 0 Å². The highest BCUT2D eigenvalue weighted by Gasteiger charge is 2.33. The van der Waals surface area contributed by atoms with Crippen molar-refractivity contribution in [1.29, 1.82) is 0 Å². The maximum Gasteiger partial charge on any atom is 0.248 e. The molecule has 0 saturated carbocycles. The van der Waals surface area contributed by atoms with E-state index < -0.39 is 22.0 Å². The molecule has 0 bridgehead atoms. The van der Waals surface area contributed by atoms with Crippen molar-refractivity contribution in [3.8, 4) is 0 Å². The van der Waals surface area contributed by atoms with Crippen LogP contribution < -0.4 is 9.62 Å². The minimum atomic E-state index is -3.79. The normalized spacial score (nSPS) is 12.5. The van der Waals surface area contributed by atoms with Crippen LogP contribution in [0.1, 0.15) is 13.3 Å². The number of benzene rings is 2. The van der Waals surface area contributed by atoms with Gasteiger partial charge in [-0.25, -0.2) is 8.42 Å². The summed E-state index contributed by atoms with van der Waals surface area (Å²) in [6.45, 7) is 1.74. The first-order chi connectivity index (χ1) is 12.7. The summed E-state index contributed by atoms with van der Waals surface area (Å²) in [5.74, 6) is -0.447. The molecule has 0 fully saturated rings. The number of carbonyl (C=O) groups is 1. The molecule has 1 amide bonds. The van der Waals surface area contributed by atoms with E-state index in [2.05, 4.69) is 5.32 Å². The second-order valence-electron chi connectivity index (χ2n) is 5.80. The van der Waals surface area contributed by atoms with Gasteiger partial charge in [0, 0.05) is 15.6 Å². The van der Waals surface area contributed by atoms with E-state index in [4.69, 9.17) is 23.2 Å². The van der Waals surface area contributed by atoms with Crippen molar-refractivity contribution < 1.29 is 13.2 Å². The Morgan fingerprint density at radius 2 is 1.93 bits per heavy atom. The standard InChI is InChI=1S/C18H20Cl2N2O3S2/c1-4-16(18(23)21-13-6-5-7-14(11-13)26-2)22(27(3,24)25)17-10-12(19)8-9-15(17)20/h5-11,16H,4H2,1-3H3,(H,21,23)/t16-/m1/s1. The second kappa shape index (κ2) is 9.19. The Balaban J connectivity index is 2.43. The Kier molecular flexibility index (Phi) is 7.45. The third kappa shape index (κ3) is 5.54. The molecule has 2 rings (SSSR count). The largest absolute Gasteiger partial charge is 0.324 e. The van der Waals surface area contributed by atoms with Gasteiger partial charge < -0.3 is 5.32 Å². The topological polar surface area (TPSA) is 66.5 Å². The van der Waals surface area contributed by atoms with Gasteiger partial charge in [-0.3, -0.25) is 9.10 Å². The summed E-state index contributed by atoms with van der Waals surface area (Å²) in [6.07, 6.45) is 3.22. The molecule has 9 heteroatoms. The first-order valence-corrected chi connectivity index (χ1v) is 11.9. The number of carbonyl (C=O) groups excluding carboxylic acids is 1. The number of nitrogens with zero attached hydrogens (tertiary/aromatic N) is 1. The molecule has 0 aliphatic heterocycles. The summed E-state index contributed by atoms with van der Waals surface area (Å²) in [7, 11) is -3.79. The van der Waals surface area contributed by atoms with E-state index in [-0.39, 0.29) is 17.1 Å². The summed E-state index contributed by atoms with van der Waals surface area (Å²) in [4.78, 5) is 13.9. The Bertz CT molecular complexity index is 936. The quantitative estimate of drug-likeness (QED) is 0.614. The van der Waals surface area contributed by atoms with E-state index in [1.165, 1.54) is 12.1 Å². The van der Waals surface area contributed by atoms with Gasteiger partial charge in [-0.05, 0) is 49.1 Å². The van der Waals surface area contributed by atoms with Crippen molar-refractivity contribution in [3.63, 3.8) is 0 Å². The third-order valence-electron chi connectivity index (χ3n) is 3.81. The predicted molar refractivity (Wildman–Crippen MR) is 115 cm³/mol. The molecule has 1 atom stereocenters. The number of amides is 1. The van der Waals surface area contributed by atoms with Crippen LogP contribution in [0.15, 0.2) is 47.4 Å². The summed E-state index contributed by atoms with van der Waals surface area (Å²) in [5, 5.41) is 3.31. The number of sulfonamides is 1. The fourth-order valence-corrected chi connectivity index (χ4v) is 4.72. The predicted octanol–water partition coefficient (Wildman–Crippen LogP) is 4.90. The van der Waals surface area contributed by atoms with E-state index in [0.717, 1.165) is 15.5 Å². The lowest BCUT2D eigenvalue weighted by Crippen LogP contribution is -2.47. The molecule has 1 N–H and O–H groups in total. The van der Waals surface area contributed by atoms with Gasteiger partial charge in [-0.2, -0.15) is 0 Å². The average Bonchev–Trinajstić information content (AvgIpc) is 2.61. The van der Waals surface area contributed by atoms with Crippen LogP contribution in [0.4, 0.5) is 11.4 Å². The highest BCUT2D eigenvalue weighted by atomic mass is 35.5. The van der Waals surface area contributed by atoms with E-state index >= 15 is 0 Å². The second-order valence-corrected chi connectivity index (χ2v) is 9.38. The smallest absolute Gasteiger partial charge is 0.248 e. The zero-order valence-corrected chi connectivity index (χ0v) is 18.2. The van der Waals surface area contributed by atoms with Crippen molar-refractivity contribution in [1.82, 2.24) is 0 Å². The SMILES string of the molecule is CC[C@H](C(=O)Nc1cccc(SC)c1)N(c1cc(Cl)ccc1Cl)S(C)(=O)=O. The molecule has 0 spiro atoms. The maximum absolute atomic E-state index is 12.9. The Morgan fingerprint density at radius 3 is 2.52 bits per heavy atom. The van der Waals surface area contributed by atoms with Gasteiger partial charge in [0.2, 0.25) is 15.9 Å². The minimum absolute atomic E-state index is 0.173. The number of halogens is 2. The molecule has 5 nitrogen and oxygen atoms in total. The van der Waals surface area contributed by atoms with Gasteiger partial charge in [0.1, 0.15) is 6.04 Å². The van der Waals surface area contributed by atoms with Crippen LogP contribution in [0.5, 0.6) is 0 Å². The fourth-order valence-electron chi connectivity index (χ4n) is 2.62. The van der Waals surface area contributed by atoms with Crippen LogP contribution in [0, 0.1) is 0 Å². The summed E-state index contributed by atoms with van der Waals surface area (Å²) in [6, 6.07) is 10.8. The van der Waals surface area contributed by atoms with Gasteiger partial charge in [0.15, 0.2) is 0 Å². The maximum atomic E-state index is 12.9. The first kappa shape index (κ1) is 21.9. The summed E-state index contributed by atoms with van der Waals surface area (Å²) in [5.41, 5.74) is 0.766. The molecule has 0 unspecified atom stereocenters. The average molecular weight is 447 g/mol. The molecule has 0 aliphatic carbocycles. The molecule has 0 heterocycles. The van der Waals surface area contributed by atoms with Crippen molar-refractivity contribution in [2.45, 2.75) is 24.3 Å². The number of anilines is 2. The van der Waals surface area contributed by atoms with E-state index in [1.54, 1.807) is 30.8 Å². The zero-order chi connectivity index (χ0) is 20.2. The van der Waals surface area contributed by atoms with Crippen molar-refractivity contribution in [3.05, 3.63) is 52.5 Å². The minimum Gasteiger partial charge on any atom is -0.324 e. The monoisotopic (exact) mass is 446 g/mol. The first-order valence-electron chi connectivity index (χ1n) is 8.06. The van der Waals surface area contributed by atoms with Crippen LogP contribution >= 0.6 is 35.0 Å². The lowest BCUT2D eigenvalue weighted by molar-refractivity contribution is -0.117. The Hall–Kier alpha value is -1.41. The van der Waals surface area contributed by atoms with Gasteiger partial charge in [-0.15, -0.1) is 11.8 Å².